The summed E-state index contributed by atoms with van der Waals surface area (Å²) in [6.07, 6.45) is 2.21. The molecule has 2 amide bonds. The van der Waals surface area contributed by atoms with Crippen molar-refractivity contribution >= 4 is 11.8 Å². The number of fused-ring (bicyclic) bond motifs is 2. The highest BCUT2D eigenvalue weighted by molar-refractivity contribution is 5.95. The second-order valence-electron chi connectivity index (χ2n) is 10.4. The summed E-state index contributed by atoms with van der Waals surface area (Å²) in [4.78, 5) is 25.5. The number of aryl methyl sites for hydroxylation is 2. The molecule has 0 bridgehead atoms. The molecule has 5 N–H and O–H groups in total. The zero-order valence-electron chi connectivity index (χ0n) is 23.2. The van der Waals surface area contributed by atoms with Crippen LogP contribution in [0.4, 0.5) is 4.39 Å². The molecule has 3 aromatic carbocycles. The fraction of sp³-hybridized carbons (Fsp3) is 0.323. The second-order valence-corrected chi connectivity index (χ2v) is 10.4. The van der Waals surface area contributed by atoms with Crippen LogP contribution < -0.4 is 16.4 Å². The monoisotopic (exact) mass is 555 g/mol. The first-order valence-electron chi connectivity index (χ1n) is 13.9. The molecular weight excluding hydrogens is 521 g/mol. The minimum Gasteiger partial charge on any atom is -0.352 e. The molecule has 0 unspecified atom stereocenters. The molecule has 1 aromatic heterocycles. The Bertz CT molecular complexity index is 1470. The fourth-order valence-electron chi connectivity index (χ4n) is 5.96. The summed E-state index contributed by atoms with van der Waals surface area (Å²) in [6, 6.07) is 17.4. The lowest BCUT2D eigenvalue weighted by Gasteiger charge is -2.36. The molecule has 1 heterocycles. The van der Waals surface area contributed by atoms with Crippen LogP contribution in [0.1, 0.15) is 74.6 Å². The Labute approximate surface area is 238 Å². The highest BCUT2D eigenvalue weighted by Gasteiger charge is 2.45. The number of H-pyrrole nitrogens is 1. The maximum absolute atomic E-state index is 13.6. The predicted molar refractivity (Wildman–Crippen MR) is 153 cm³/mol. The van der Waals surface area contributed by atoms with E-state index in [1.54, 1.807) is 12.1 Å². The molecule has 0 aliphatic heterocycles. The summed E-state index contributed by atoms with van der Waals surface area (Å²) in [5.41, 5.74) is 11.9. The Morgan fingerprint density at radius 3 is 1.98 bits per heavy atom. The number of tetrazole rings is 1. The molecule has 212 valence electrons. The lowest BCUT2D eigenvalue weighted by atomic mass is 9.67. The van der Waals surface area contributed by atoms with Crippen molar-refractivity contribution < 1.29 is 14.0 Å². The Balaban J connectivity index is 1.69. The van der Waals surface area contributed by atoms with Crippen LogP contribution >= 0.6 is 0 Å². The van der Waals surface area contributed by atoms with Crippen molar-refractivity contribution in [3.05, 3.63) is 111 Å². The van der Waals surface area contributed by atoms with Gasteiger partial charge in [0.15, 0.2) is 5.82 Å². The van der Waals surface area contributed by atoms with Crippen molar-refractivity contribution in [1.82, 2.24) is 31.3 Å². The second kappa shape index (κ2) is 12.0. The van der Waals surface area contributed by atoms with Gasteiger partial charge in [-0.1, -0.05) is 24.3 Å². The molecule has 1 aliphatic rings. The molecule has 0 fully saturated rings. The standard InChI is InChI=1S/C31H34FN7O2/c1-3-34-28(40)22-9-13-26-20(16-22)7-8-21-17-23(29(41)35-4-2)10-14-27(21)31(26,30-36-38-39-37-30)18-25(33)15-19-5-11-24(32)12-6-19/h5-6,9-14,16-17,25H,3-4,7-8,15,18,33H2,1-2H3,(H,34,40)(H,35,41)(H,36,37,38,39)/t25-/m1/s1. The van der Waals surface area contributed by atoms with Crippen molar-refractivity contribution in [1.29, 1.82) is 0 Å². The van der Waals surface area contributed by atoms with E-state index < -0.39 is 5.41 Å². The number of aromatic nitrogens is 4. The highest BCUT2D eigenvalue weighted by Crippen LogP contribution is 2.47. The van der Waals surface area contributed by atoms with E-state index in [1.807, 2.05) is 50.2 Å². The summed E-state index contributed by atoms with van der Waals surface area (Å²) in [7, 11) is 0. The van der Waals surface area contributed by atoms with Crippen LogP contribution in [0.3, 0.4) is 0 Å². The Morgan fingerprint density at radius 1 is 0.927 bits per heavy atom. The van der Waals surface area contributed by atoms with Crippen LogP contribution in [0.15, 0.2) is 60.7 Å². The first-order chi connectivity index (χ1) is 19.8. The maximum atomic E-state index is 13.6. The minimum atomic E-state index is -0.899. The van der Waals surface area contributed by atoms with Crippen LogP contribution in [0, 0.1) is 5.82 Å². The number of hydrogen-bond donors (Lipinski definition) is 4. The van der Waals surface area contributed by atoms with Crippen molar-refractivity contribution in [2.45, 2.75) is 51.0 Å². The number of nitrogens with two attached hydrogens (primary N) is 1. The lowest BCUT2D eigenvalue weighted by Crippen LogP contribution is -2.40. The highest BCUT2D eigenvalue weighted by atomic mass is 19.1. The number of carbonyl (C=O) groups excluding carboxylic acids is 2. The molecule has 0 radical (unpaired) electrons. The van der Waals surface area contributed by atoms with Gasteiger partial charge in [-0.2, -0.15) is 0 Å². The largest absolute Gasteiger partial charge is 0.352 e. The van der Waals surface area contributed by atoms with E-state index in [2.05, 4.69) is 31.3 Å². The summed E-state index contributed by atoms with van der Waals surface area (Å²) >= 11 is 0. The zero-order valence-corrected chi connectivity index (χ0v) is 23.2. The number of nitrogens with one attached hydrogen (secondary N) is 3. The smallest absolute Gasteiger partial charge is 0.251 e. The van der Waals surface area contributed by atoms with E-state index in [4.69, 9.17) is 5.73 Å². The number of amides is 2. The van der Waals surface area contributed by atoms with Crippen LogP contribution in [-0.4, -0.2) is 51.6 Å². The predicted octanol–water partition coefficient (Wildman–Crippen LogP) is 3.23. The van der Waals surface area contributed by atoms with E-state index >= 15 is 0 Å². The first kappa shape index (κ1) is 28.1. The topological polar surface area (TPSA) is 139 Å². The van der Waals surface area contributed by atoms with Gasteiger partial charge in [0.05, 0.1) is 5.41 Å². The molecule has 5 rings (SSSR count). The van der Waals surface area contributed by atoms with Gasteiger partial charge in [-0.3, -0.25) is 9.59 Å². The van der Waals surface area contributed by atoms with Gasteiger partial charge in [-0.05, 0) is 114 Å². The third kappa shape index (κ3) is 5.60. The average Bonchev–Trinajstić information content (AvgIpc) is 3.48. The van der Waals surface area contributed by atoms with Crippen LogP contribution in [0.5, 0.6) is 0 Å². The third-order valence-electron chi connectivity index (χ3n) is 7.72. The van der Waals surface area contributed by atoms with E-state index in [0.29, 0.717) is 55.7 Å². The van der Waals surface area contributed by atoms with Gasteiger partial charge >= 0.3 is 0 Å². The SMILES string of the molecule is CCNC(=O)c1ccc2c(c1)CCc1cc(C(=O)NCC)ccc1C2(C[C@H](N)Cc1ccc(F)cc1)c1nnn[nH]1. The van der Waals surface area contributed by atoms with Gasteiger partial charge in [-0.25, -0.2) is 9.49 Å². The fourth-order valence-corrected chi connectivity index (χ4v) is 5.96. The zero-order chi connectivity index (χ0) is 29.0. The molecule has 9 nitrogen and oxygen atoms in total. The van der Waals surface area contributed by atoms with Crippen LogP contribution in [0.2, 0.25) is 0 Å². The van der Waals surface area contributed by atoms with Crippen molar-refractivity contribution in [3.63, 3.8) is 0 Å². The molecule has 1 atom stereocenters. The summed E-state index contributed by atoms with van der Waals surface area (Å²) in [6.45, 7) is 4.81. The molecule has 0 spiro atoms. The summed E-state index contributed by atoms with van der Waals surface area (Å²) in [5.74, 6) is -0.0667. The van der Waals surface area contributed by atoms with Gasteiger partial charge in [0.25, 0.3) is 11.8 Å². The van der Waals surface area contributed by atoms with E-state index in [0.717, 1.165) is 27.8 Å². The van der Waals surface area contributed by atoms with E-state index in [9.17, 15) is 14.0 Å². The number of hydrogen-bond acceptors (Lipinski definition) is 6. The Morgan fingerprint density at radius 2 is 1.49 bits per heavy atom. The lowest BCUT2D eigenvalue weighted by molar-refractivity contribution is 0.0947. The number of benzene rings is 3. The first-order valence-corrected chi connectivity index (χ1v) is 13.9. The molecular formula is C31H34FN7O2. The number of halogens is 1. The third-order valence-corrected chi connectivity index (χ3v) is 7.72. The van der Waals surface area contributed by atoms with Crippen molar-refractivity contribution in [2.75, 3.05) is 13.1 Å². The molecule has 0 saturated carbocycles. The van der Waals surface area contributed by atoms with Gasteiger partial charge in [-0.15, -0.1) is 5.10 Å². The summed E-state index contributed by atoms with van der Waals surface area (Å²) in [5, 5.41) is 21.0. The number of nitrogens with zero attached hydrogens (tertiary/aromatic N) is 3. The normalized spacial score (nSPS) is 14.3. The number of carbonyl (C=O) groups is 2. The molecule has 4 aromatic rings. The average molecular weight is 556 g/mol. The van der Waals surface area contributed by atoms with Gasteiger partial charge in [0.1, 0.15) is 5.82 Å². The number of aromatic amines is 1. The van der Waals surface area contributed by atoms with Crippen LogP contribution in [0.25, 0.3) is 0 Å². The van der Waals surface area contributed by atoms with Crippen LogP contribution in [-0.2, 0) is 24.7 Å². The number of rotatable bonds is 9. The van der Waals surface area contributed by atoms with Crippen molar-refractivity contribution in [3.8, 4) is 0 Å². The minimum absolute atomic E-state index is 0.143. The summed E-state index contributed by atoms with van der Waals surface area (Å²) < 4.78 is 13.6. The quantitative estimate of drug-likeness (QED) is 0.250. The van der Waals surface area contributed by atoms with E-state index in [1.165, 1.54) is 12.1 Å². The van der Waals surface area contributed by atoms with E-state index in [-0.39, 0.29) is 23.7 Å². The molecule has 10 heteroatoms. The van der Waals surface area contributed by atoms with Crippen molar-refractivity contribution in [2.24, 2.45) is 5.73 Å². The molecule has 0 saturated heterocycles. The maximum Gasteiger partial charge on any atom is 0.251 e. The Hall–Kier alpha value is -4.44. The van der Waals surface area contributed by atoms with Gasteiger partial charge in [0, 0.05) is 30.3 Å². The molecule has 41 heavy (non-hydrogen) atoms. The Kier molecular flexibility index (Phi) is 8.21. The van der Waals surface area contributed by atoms with Gasteiger partial charge in [0.2, 0.25) is 0 Å². The molecule has 1 aliphatic carbocycles. The van der Waals surface area contributed by atoms with Gasteiger partial charge < -0.3 is 16.4 Å².